The highest BCUT2D eigenvalue weighted by Crippen LogP contribution is 2.24. The Morgan fingerprint density at radius 1 is 1.22 bits per heavy atom. The zero-order valence-corrected chi connectivity index (χ0v) is 19.2. The SMILES string of the molecule is CCc1ccc(S(=O)(=O)Nc2cnc(N(C)CCc3c(C)noc3C)c(C(=O)O)c2)cc1. The summed E-state index contributed by atoms with van der Waals surface area (Å²) in [5, 5.41) is 13.6. The topological polar surface area (TPSA) is 126 Å². The summed E-state index contributed by atoms with van der Waals surface area (Å²) < 4.78 is 32.9. The largest absolute Gasteiger partial charge is 0.478 e. The molecule has 0 aliphatic rings. The minimum atomic E-state index is -3.88. The van der Waals surface area contributed by atoms with Gasteiger partial charge in [-0.25, -0.2) is 18.2 Å². The number of carbonyl (C=O) groups is 1. The second-order valence-corrected chi connectivity index (χ2v) is 9.16. The maximum atomic E-state index is 12.7. The van der Waals surface area contributed by atoms with Gasteiger partial charge in [0.05, 0.1) is 22.5 Å². The molecule has 170 valence electrons. The Morgan fingerprint density at radius 3 is 2.47 bits per heavy atom. The normalized spacial score (nSPS) is 11.4. The van der Waals surface area contributed by atoms with E-state index >= 15 is 0 Å². The number of aromatic carboxylic acids is 1. The van der Waals surface area contributed by atoms with Gasteiger partial charge in [0.15, 0.2) is 0 Å². The fraction of sp³-hybridized carbons (Fsp3) is 0.318. The molecule has 0 bridgehead atoms. The number of rotatable bonds is 9. The summed E-state index contributed by atoms with van der Waals surface area (Å²) in [6.45, 7) is 6.13. The molecule has 0 spiro atoms. The van der Waals surface area contributed by atoms with Crippen molar-refractivity contribution in [1.82, 2.24) is 10.1 Å². The molecule has 3 rings (SSSR count). The molecule has 0 saturated heterocycles. The Hall–Kier alpha value is -3.40. The molecule has 9 nitrogen and oxygen atoms in total. The first-order valence-electron chi connectivity index (χ1n) is 10.1. The van der Waals surface area contributed by atoms with E-state index in [0.29, 0.717) is 13.0 Å². The Morgan fingerprint density at radius 2 is 1.91 bits per heavy atom. The molecular weight excluding hydrogens is 432 g/mol. The number of anilines is 2. The van der Waals surface area contributed by atoms with Crippen molar-refractivity contribution in [1.29, 1.82) is 0 Å². The van der Waals surface area contributed by atoms with Crippen molar-refractivity contribution in [2.45, 2.75) is 38.5 Å². The molecule has 0 amide bonds. The number of hydrogen-bond donors (Lipinski definition) is 2. The Kier molecular flexibility index (Phi) is 6.83. The number of carboxylic acid groups (broad SMARTS) is 1. The molecule has 0 atom stereocenters. The van der Waals surface area contributed by atoms with Gasteiger partial charge in [-0.2, -0.15) is 0 Å². The lowest BCUT2D eigenvalue weighted by Gasteiger charge is -2.20. The van der Waals surface area contributed by atoms with E-state index < -0.39 is 16.0 Å². The molecule has 2 N–H and O–H groups in total. The average Bonchev–Trinajstić information content (AvgIpc) is 3.09. The number of pyridine rings is 1. The van der Waals surface area contributed by atoms with Crippen molar-refractivity contribution in [2.75, 3.05) is 23.2 Å². The van der Waals surface area contributed by atoms with Crippen LogP contribution < -0.4 is 9.62 Å². The molecule has 2 heterocycles. The van der Waals surface area contributed by atoms with Crippen LogP contribution >= 0.6 is 0 Å². The Bertz CT molecular complexity index is 1200. The average molecular weight is 459 g/mol. The number of likely N-dealkylation sites (N-methyl/N-ethyl adjacent to an activating group) is 1. The Balaban J connectivity index is 1.81. The van der Waals surface area contributed by atoms with Gasteiger partial charge in [-0.05, 0) is 50.5 Å². The molecule has 0 aliphatic carbocycles. The van der Waals surface area contributed by atoms with E-state index in [-0.39, 0.29) is 22.0 Å². The number of benzene rings is 1. The lowest BCUT2D eigenvalue weighted by molar-refractivity contribution is 0.0697. The van der Waals surface area contributed by atoms with Crippen LogP contribution in [0.4, 0.5) is 11.5 Å². The van der Waals surface area contributed by atoms with Gasteiger partial charge in [-0.1, -0.05) is 24.2 Å². The summed E-state index contributed by atoms with van der Waals surface area (Å²) in [7, 11) is -2.15. The van der Waals surface area contributed by atoms with E-state index in [2.05, 4.69) is 14.9 Å². The fourth-order valence-corrected chi connectivity index (χ4v) is 4.37. The predicted molar refractivity (Wildman–Crippen MR) is 121 cm³/mol. The first kappa shape index (κ1) is 23.3. The molecule has 32 heavy (non-hydrogen) atoms. The molecule has 10 heteroatoms. The molecule has 2 aromatic heterocycles. The highest BCUT2D eigenvalue weighted by molar-refractivity contribution is 7.92. The van der Waals surface area contributed by atoms with Crippen LogP contribution in [0.15, 0.2) is 45.9 Å². The minimum absolute atomic E-state index is 0.0739. The third-order valence-electron chi connectivity index (χ3n) is 5.23. The summed E-state index contributed by atoms with van der Waals surface area (Å²) in [5.74, 6) is -0.247. The van der Waals surface area contributed by atoms with Gasteiger partial charge in [0, 0.05) is 19.2 Å². The van der Waals surface area contributed by atoms with E-state index in [1.54, 1.807) is 24.1 Å². The van der Waals surface area contributed by atoms with Crippen LogP contribution in [0.5, 0.6) is 0 Å². The zero-order chi connectivity index (χ0) is 23.5. The minimum Gasteiger partial charge on any atom is -0.478 e. The van der Waals surface area contributed by atoms with Gasteiger partial charge in [-0.15, -0.1) is 0 Å². The first-order chi connectivity index (χ1) is 15.1. The predicted octanol–water partition coefficient (Wildman–Crippen LogP) is 3.43. The van der Waals surface area contributed by atoms with E-state index in [0.717, 1.165) is 29.0 Å². The quantitative estimate of drug-likeness (QED) is 0.500. The van der Waals surface area contributed by atoms with Crippen LogP contribution in [-0.2, 0) is 22.9 Å². The van der Waals surface area contributed by atoms with Gasteiger partial charge in [-0.3, -0.25) is 4.72 Å². The van der Waals surface area contributed by atoms with Crippen LogP contribution in [0.25, 0.3) is 0 Å². The van der Waals surface area contributed by atoms with Gasteiger partial charge in [0.1, 0.15) is 17.1 Å². The standard InChI is InChI=1S/C22H26N4O5S/c1-5-16-6-8-18(9-7-16)32(29,30)25-17-12-20(22(27)28)21(23-13-17)26(4)11-10-19-14(2)24-31-15(19)3/h6-9,12-13,25H,5,10-11H2,1-4H3,(H,27,28). The second kappa shape index (κ2) is 9.39. The van der Waals surface area contributed by atoms with Gasteiger partial charge in [0.25, 0.3) is 10.0 Å². The third-order valence-corrected chi connectivity index (χ3v) is 6.63. The smallest absolute Gasteiger partial charge is 0.339 e. The van der Waals surface area contributed by atoms with Crippen molar-refractivity contribution < 1.29 is 22.8 Å². The van der Waals surface area contributed by atoms with Crippen LogP contribution in [0.2, 0.25) is 0 Å². The van der Waals surface area contributed by atoms with Crippen LogP contribution in [0, 0.1) is 13.8 Å². The second-order valence-electron chi connectivity index (χ2n) is 7.48. The zero-order valence-electron chi connectivity index (χ0n) is 18.4. The summed E-state index contributed by atoms with van der Waals surface area (Å²) in [6.07, 6.45) is 2.71. The first-order valence-corrected chi connectivity index (χ1v) is 11.6. The number of hydrogen-bond acceptors (Lipinski definition) is 7. The van der Waals surface area contributed by atoms with E-state index in [1.165, 1.54) is 24.4 Å². The lowest BCUT2D eigenvalue weighted by atomic mass is 10.1. The van der Waals surface area contributed by atoms with Gasteiger partial charge < -0.3 is 14.5 Å². The van der Waals surface area contributed by atoms with Gasteiger partial charge in [0.2, 0.25) is 0 Å². The third kappa shape index (κ3) is 5.08. The van der Waals surface area contributed by atoms with Crippen molar-refractivity contribution in [3.05, 3.63) is 64.7 Å². The van der Waals surface area contributed by atoms with E-state index in [4.69, 9.17) is 4.52 Å². The highest BCUT2D eigenvalue weighted by Gasteiger charge is 2.20. The number of aryl methyl sites for hydroxylation is 3. The maximum absolute atomic E-state index is 12.7. The van der Waals surface area contributed by atoms with Gasteiger partial charge >= 0.3 is 5.97 Å². The molecule has 0 fully saturated rings. The van der Waals surface area contributed by atoms with Crippen molar-refractivity contribution in [3.8, 4) is 0 Å². The molecule has 1 aromatic carbocycles. The van der Waals surface area contributed by atoms with Crippen molar-refractivity contribution in [3.63, 3.8) is 0 Å². The number of sulfonamides is 1. The number of nitrogens with zero attached hydrogens (tertiary/aromatic N) is 3. The maximum Gasteiger partial charge on any atom is 0.339 e. The van der Waals surface area contributed by atoms with Crippen LogP contribution in [0.3, 0.4) is 0 Å². The lowest BCUT2D eigenvalue weighted by Crippen LogP contribution is -2.24. The monoisotopic (exact) mass is 458 g/mol. The number of carboxylic acids is 1. The molecule has 0 aliphatic heterocycles. The fourth-order valence-electron chi connectivity index (χ4n) is 3.34. The highest BCUT2D eigenvalue weighted by atomic mass is 32.2. The van der Waals surface area contributed by atoms with Crippen LogP contribution in [-0.4, -0.2) is 43.2 Å². The Labute approximate surface area is 187 Å². The van der Waals surface area contributed by atoms with Crippen LogP contribution in [0.1, 0.15) is 39.9 Å². The van der Waals surface area contributed by atoms with E-state index in [1.807, 2.05) is 20.8 Å². The summed E-state index contributed by atoms with van der Waals surface area (Å²) in [4.78, 5) is 17.9. The molecular formula is C22H26N4O5S. The molecule has 0 unspecified atom stereocenters. The molecule has 0 saturated carbocycles. The number of aromatic nitrogens is 2. The summed E-state index contributed by atoms with van der Waals surface area (Å²) in [5.41, 5.74) is 2.74. The van der Waals surface area contributed by atoms with Crippen molar-refractivity contribution >= 4 is 27.5 Å². The molecule has 0 radical (unpaired) electrons. The molecule has 3 aromatic rings. The summed E-state index contributed by atoms with van der Waals surface area (Å²) >= 11 is 0. The van der Waals surface area contributed by atoms with E-state index in [9.17, 15) is 18.3 Å². The number of nitrogens with one attached hydrogen (secondary N) is 1. The van der Waals surface area contributed by atoms with Crippen molar-refractivity contribution in [2.24, 2.45) is 0 Å². The summed E-state index contributed by atoms with van der Waals surface area (Å²) in [6, 6.07) is 7.79.